The molecule has 0 radical (unpaired) electrons. The van der Waals surface area contributed by atoms with E-state index in [0.717, 1.165) is 11.9 Å². The highest BCUT2D eigenvalue weighted by Gasteiger charge is 2.04. The number of benzene rings is 1. The first-order chi connectivity index (χ1) is 6.92. The van der Waals surface area contributed by atoms with Gasteiger partial charge in [0.15, 0.2) is 0 Å². The van der Waals surface area contributed by atoms with Gasteiger partial charge in [-0.1, -0.05) is 12.2 Å². The van der Waals surface area contributed by atoms with Crippen LogP contribution in [0, 0.1) is 0 Å². The number of rotatable bonds is 4. The number of thiocarbonyl (C=S) groups is 1. The number of hydrogen-bond donors (Lipinski definition) is 0. The van der Waals surface area contributed by atoms with Crippen LogP contribution in [0.4, 0.5) is 5.69 Å². The Labute approximate surface area is 94.6 Å². The Hall–Kier alpha value is -1.14. The lowest BCUT2D eigenvalue weighted by Crippen LogP contribution is -2.12. The summed E-state index contributed by atoms with van der Waals surface area (Å²) in [6, 6.07) is 6.60. The maximum Gasteiger partial charge on any atom is 0.306 e. The highest BCUT2D eigenvalue weighted by molar-refractivity contribution is 7.86. The fourth-order valence-electron chi connectivity index (χ4n) is 0.972. The molecule has 0 heterocycles. The molecule has 0 atom stereocenters. The molecule has 0 spiro atoms. The van der Waals surface area contributed by atoms with E-state index in [1.54, 1.807) is 36.2 Å². The van der Waals surface area contributed by atoms with Crippen LogP contribution in [0.5, 0.6) is 5.75 Å². The molecule has 1 rings (SSSR count). The van der Waals surface area contributed by atoms with Crippen molar-refractivity contribution >= 4 is 33.5 Å². The van der Waals surface area contributed by atoms with Crippen LogP contribution in [-0.2, 0) is 10.1 Å². The molecule has 0 saturated carbocycles. The quantitative estimate of drug-likeness (QED) is 0.593. The predicted octanol–water partition coefficient (Wildman–Crippen LogP) is 1.42. The molecular formula is C9H11NO3S2. The van der Waals surface area contributed by atoms with Crippen LogP contribution in [-0.4, -0.2) is 27.2 Å². The van der Waals surface area contributed by atoms with Crippen molar-refractivity contribution in [2.24, 2.45) is 0 Å². The van der Waals surface area contributed by atoms with Crippen LogP contribution < -0.4 is 9.08 Å². The van der Waals surface area contributed by atoms with Crippen LogP contribution in [0.2, 0.25) is 0 Å². The van der Waals surface area contributed by atoms with Gasteiger partial charge in [0.05, 0.1) is 11.7 Å². The van der Waals surface area contributed by atoms with Gasteiger partial charge in [-0.15, -0.1) is 0 Å². The average molecular weight is 245 g/mol. The third kappa shape index (κ3) is 3.85. The Kier molecular flexibility index (Phi) is 3.65. The van der Waals surface area contributed by atoms with Crippen molar-refractivity contribution in [3.05, 3.63) is 24.3 Å². The SMILES string of the molecule is CN(C=S)c1ccc(OS(C)(=O)=O)cc1. The summed E-state index contributed by atoms with van der Waals surface area (Å²) in [5.41, 5.74) is 2.36. The van der Waals surface area contributed by atoms with Gasteiger partial charge in [-0.3, -0.25) is 0 Å². The molecule has 0 aliphatic rings. The summed E-state index contributed by atoms with van der Waals surface area (Å²) in [6.45, 7) is 0. The Morgan fingerprint density at radius 3 is 2.27 bits per heavy atom. The summed E-state index contributed by atoms with van der Waals surface area (Å²) in [4.78, 5) is 1.74. The fourth-order valence-corrected chi connectivity index (χ4v) is 1.55. The molecule has 15 heavy (non-hydrogen) atoms. The van der Waals surface area contributed by atoms with E-state index in [9.17, 15) is 8.42 Å². The van der Waals surface area contributed by atoms with E-state index in [0.29, 0.717) is 5.75 Å². The van der Waals surface area contributed by atoms with Gasteiger partial charge in [-0.05, 0) is 24.3 Å². The maximum absolute atomic E-state index is 10.8. The second kappa shape index (κ2) is 4.59. The Bertz CT molecular complexity index is 439. The fraction of sp³-hybridized carbons (Fsp3) is 0.222. The van der Waals surface area contributed by atoms with Crippen LogP contribution in [0.25, 0.3) is 0 Å². The Balaban J connectivity index is 2.86. The van der Waals surface area contributed by atoms with E-state index in [2.05, 4.69) is 4.18 Å². The van der Waals surface area contributed by atoms with Crippen molar-refractivity contribution in [1.29, 1.82) is 0 Å². The van der Waals surface area contributed by atoms with Crippen LogP contribution in [0.1, 0.15) is 0 Å². The van der Waals surface area contributed by atoms with Crippen molar-refractivity contribution < 1.29 is 12.6 Å². The molecule has 0 unspecified atom stereocenters. The van der Waals surface area contributed by atoms with Gasteiger partial charge >= 0.3 is 10.1 Å². The topological polar surface area (TPSA) is 46.6 Å². The molecule has 0 fully saturated rings. The van der Waals surface area contributed by atoms with Crippen molar-refractivity contribution in [3.8, 4) is 5.75 Å². The van der Waals surface area contributed by atoms with Gasteiger partial charge in [0.1, 0.15) is 5.75 Å². The number of hydrogen-bond acceptors (Lipinski definition) is 4. The Morgan fingerprint density at radius 2 is 1.87 bits per heavy atom. The van der Waals surface area contributed by atoms with Gasteiger partial charge in [0, 0.05) is 12.7 Å². The molecule has 0 aliphatic heterocycles. The second-order valence-corrected chi connectivity index (χ2v) is 4.78. The van der Waals surface area contributed by atoms with E-state index in [4.69, 9.17) is 12.2 Å². The molecule has 0 aliphatic carbocycles. The lowest BCUT2D eigenvalue weighted by molar-refractivity contribution is 0.493. The Morgan fingerprint density at radius 1 is 1.33 bits per heavy atom. The smallest absolute Gasteiger partial charge is 0.306 e. The lowest BCUT2D eigenvalue weighted by atomic mass is 10.3. The minimum absolute atomic E-state index is 0.291. The maximum atomic E-state index is 10.8. The highest BCUT2D eigenvalue weighted by atomic mass is 32.2. The molecule has 82 valence electrons. The van der Waals surface area contributed by atoms with Crippen molar-refractivity contribution in [1.82, 2.24) is 0 Å². The van der Waals surface area contributed by atoms with Crippen LogP contribution in [0.3, 0.4) is 0 Å². The molecule has 1 aromatic rings. The molecule has 0 saturated heterocycles. The van der Waals surface area contributed by atoms with E-state index in [1.165, 1.54) is 5.49 Å². The number of anilines is 1. The summed E-state index contributed by atoms with van der Waals surface area (Å²) >= 11 is 4.75. The van der Waals surface area contributed by atoms with Crippen LogP contribution >= 0.6 is 12.2 Å². The first-order valence-electron chi connectivity index (χ1n) is 4.10. The van der Waals surface area contributed by atoms with Gasteiger partial charge in [-0.25, -0.2) is 0 Å². The van der Waals surface area contributed by atoms with Gasteiger partial charge in [0.25, 0.3) is 0 Å². The summed E-state index contributed by atoms with van der Waals surface area (Å²) in [7, 11) is -1.65. The lowest BCUT2D eigenvalue weighted by Gasteiger charge is -2.12. The van der Waals surface area contributed by atoms with E-state index < -0.39 is 10.1 Å². The normalized spacial score (nSPS) is 10.8. The van der Waals surface area contributed by atoms with E-state index in [-0.39, 0.29) is 0 Å². The summed E-state index contributed by atoms with van der Waals surface area (Å²) < 4.78 is 26.3. The number of nitrogens with zero attached hydrogens (tertiary/aromatic N) is 1. The van der Waals surface area contributed by atoms with E-state index >= 15 is 0 Å². The largest absolute Gasteiger partial charge is 0.383 e. The van der Waals surface area contributed by atoms with E-state index in [1.807, 2.05) is 0 Å². The molecule has 0 aromatic heterocycles. The van der Waals surface area contributed by atoms with Crippen LogP contribution in [0.15, 0.2) is 24.3 Å². The molecule has 4 nitrogen and oxygen atoms in total. The summed E-state index contributed by atoms with van der Waals surface area (Å²) in [5, 5.41) is 0. The van der Waals surface area contributed by atoms with Crippen molar-refractivity contribution in [3.63, 3.8) is 0 Å². The first-order valence-corrected chi connectivity index (χ1v) is 6.39. The zero-order valence-corrected chi connectivity index (χ0v) is 10.0. The predicted molar refractivity (Wildman–Crippen MR) is 64.0 cm³/mol. The highest BCUT2D eigenvalue weighted by Crippen LogP contribution is 2.18. The average Bonchev–Trinajstić information content (AvgIpc) is 2.15. The first kappa shape index (κ1) is 11.9. The molecule has 0 bridgehead atoms. The summed E-state index contributed by atoms with van der Waals surface area (Å²) in [6.07, 6.45) is 1.00. The molecule has 6 heteroatoms. The van der Waals surface area contributed by atoms with Crippen molar-refractivity contribution in [2.45, 2.75) is 0 Å². The van der Waals surface area contributed by atoms with Gasteiger partial charge in [0.2, 0.25) is 0 Å². The molecular weight excluding hydrogens is 234 g/mol. The molecule has 0 N–H and O–H groups in total. The monoisotopic (exact) mass is 245 g/mol. The zero-order valence-electron chi connectivity index (χ0n) is 8.38. The van der Waals surface area contributed by atoms with Gasteiger partial charge in [-0.2, -0.15) is 8.42 Å². The van der Waals surface area contributed by atoms with Crippen molar-refractivity contribution in [2.75, 3.05) is 18.2 Å². The minimum atomic E-state index is -3.46. The molecule has 1 aromatic carbocycles. The third-order valence-corrected chi connectivity index (χ3v) is 2.46. The third-order valence-electron chi connectivity index (χ3n) is 1.65. The molecule has 0 amide bonds. The standard InChI is InChI=1S/C9H11NO3S2/c1-10(7-14)8-3-5-9(6-4-8)13-15(2,11)12/h3-7H,1-2H3. The minimum Gasteiger partial charge on any atom is -0.383 e. The summed E-state index contributed by atoms with van der Waals surface area (Å²) in [5.74, 6) is 0.291. The second-order valence-electron chi connectivity index (χ2n) is 3.00. The zero-order chi connectivity index (χ0) is 11.5. The van der Waals surface area contributed by atoms with Gasteiger partial charge < -0.3 is 9.08 Å².